The van der Waals surface area contributed by atoms with Crippen molar-refractivity contribution in [2.45, 2.75) is 6.54 Å². The van der Waals surface area contributed by atoms with Crippen LogP contribution in [-0.4, -0.2) is 51.2 Å². The lowest BCUT2D eigenvalue weighted by Crippen LogP contribution is -2.39. The molecule has 2 aromatic rings. The van der Waals surface area contributed by atoms with Gasteiger partial charge in [-0.15, -0.1) is 0 Å². The first kappa shape index (κ1) is 21.4. The summed E-state index contributed by atoms with van der Waals surface area (Å²) in [6.07, 6.45) is 0. The molecule has 0 saturated carbocycles. The lowest BCUT2D eigenvalue weighted by atomic mass is 10.2. The molecular weight excluding hydrogens is 384 g/mol. The Hall–Kier alpha value is -2.93. The topological polar surface area (TPSA) is 77.1 Å². The van der Waals surface area contributed by atoms with Crippen molar-refractivity contribution in [3.63, 3.8) is 0 Å². The highest BCUT2D eigenvalue weighted by Crippen LogP contribution is 2.24. The van der Waals surface area contributed by atoms with Gasteiger partial charge in [0.1, 0.15) is 18.0 Å². The van der Waals surface area contributed by atoms with Crippen molar-refractivity contribution in [2.75, 3.05) is 39.7 Å². The first-order chi connectivity index (χ1) is 13.5. The van der Waals surface area contributed by atoms with Crippen molar-refractivity contribution in [2.24, 2.45) is 0 Å². The van der Waals surface area contributed by atoms with Gasteiger partial charge in [-0.1, -0.05) is 23.7 Å². The zero-order chi connectivity index (χ0) is 20.5. The summed E-state index contributed by atoms with van der Waals surface area (Å²) >= 11 is 6.10. The predicted octanol–water partition coefficient (Wildman–Crippen LogP) is 2.97. The Labute approximate surface area is 169 Å². The Morgan fingerprint density at radius 3 is 2.25 bits per heavy atom. The quantitative estimate of drug-likeness (QED) is 0.645. The molecule has 2 rings (SSSR count). The SMILES string of the molecule is COC(=O)CN(Cc1cc(OC)cc(OC)c1)C(=O)CNc1ccccc1Cl. The Balaban J connectivity index is 2.16. The summed E-state index contributed by atoms with van der Waals surface area (Å²) in [4.78, 5) is 25.9. The van der Waals surface area contributed by atoms with E-state index in [1.807, 2.05) is 6.07 Å². The molecule has 0 radical (unpaired) electrons. The molecule has 28 heavy (non-hydrogen) atoms. The minimum Gasteiger partial charge on any atom is -0.497 e. The van der Waals surface area contributed by atoms with Crippen LogP contribution < -0.4 is 14.8 Å². The van der Waals surface area contributed by atoms with E-state index in [1.165, 1.54) is 12.0 Å². The van der Waals surface area contributed by atoms with Gasteiger partial charge in [0.15, 0.2) is 0 Å². The van der Waals surface area contributed by atoms with Gasteiger partial charge in [-0.05, 0) is 29.8 Å². The normalized spacial score (nSPS) is 10.1. The van der Waals surface area contributed by atoms with Gasteiger partial charge in [-0.3, -0.25) is 9.59 Å². The Morgan fingerprint density at radius 2 is 1.68 bits per heavy atom. The second-order valence-corrected chi connectivity index (χ2v) is 6.29. The third kappa shape index (κ3) is 6.06. The van der Waals surface area contributed by atoms with Crippen molar-refractivity contribution in [1.82, 2.24) is 4.90 Å². The van der Waals surface area contributed by atoms with Crippen molar-refractivity contribution >= 4 is 29.2 Å². The molecule has 0 heterocycles. The summed E-state index contributed by atoms with van der Waals surface area (Å²) in [7, 11) is 4.37. The summed E-state index contributed by atoms with van der Waals surface area (Å²) in [5.41, 5.74) is 1.39. The van der Waals surface area contributed by atoms with Crippen molar-refractivity contribution < 1.29 is 23.8 Å². The van der Waals surface area contributed by atoms with Gasteiger partial charge >= 0.3 is 5.97 Å². The van der Waals surface area contributed by atoms with E-state index >= 15 is 0 Å². The number of para-hydroxylation sites is 1. The molecular formula is C20H23ClN2O5. The molecule has 150 valence electrons. The number of nitrogens with one attached hydrogen (secondary N) is 1. The van der Waals surface area contributed by atoms with E-state index in [1.54, 1.807) is 50.6 Å². The lowest BCUT2D eigenvalue weighted by Gasteiger charge is -2.23. The average molecular weight is 407 g/mol. The van der Waals surface area contributed by atoms with Crippen molar-refractivity contribution in [3.8, 4) is 11.5 Å². The zero-order valence-corrected chi connectivity index (χ0v) is 16.8. The van der Waals surface area contributed by atoms with Gasteiger partial charge in [0.05, 0.1) is 38.6 Å². The smallest absolute Gasteiger partial charge is 0.325 e. The number of amides is 1. The monoisotopic (exact) mass is 406 g/mol. The molecule has 0 unspecified atom stereocenters. The number of ether oxygens (including phenoxy) is 3. The van der Waals surface area contributed by atoms with E-state index in [4.69, 9.17) is 25.8 Å². The highest BCUT2D eigenvalue weighted by molar-refractivity contribution is 6.33. The highest BCUT2D eigenvalue weighted by atomic mass is 35.5. The number of hydrogen-bond acceptors (Lipinski definition) is 6. The molecule has 0 spiro atoms. The van der Waals surface area contributed by atoms with Crippen LogP contribution >= 0.6 is 11.6 Å². The number of carbonyl (C=O) groups is 2. The molecule has 0 bridgehead atoms. The number of carbonyl (C=O) groups excluding carboxylic acids is 2. The number of benzene rings is 2. The number of esters is 1. The summed E-state index contributed by atoms with van der Waals surface area (Å²) in [6, 6.07) is 12.4. The fourth-order valence-electron chi connectivity index (χ4n) is 2.52. The number of rotatable bonds is 9. The minimum absolute atomic E-state index is 0.0260. The van der Waals surface area contributed by atoms with Gasteiger partial charge < -0.3 is 24.4 Å². The molecule has 0 aromatic heterocycles. The first-order valence-electron chi connectivity index (χ1n) is 8.51. The van der Waals surface area contributed by atoms with Crippen LogP contribution in [0.25, 0.3) is 0 Å². The number of nitrogens with zero attached hydrogens (tertiary/aromatic N) is 1. The van der Waals surface area contributed by atoms with E-state index in [0.717, 1.165) is 5.56 Å². The lowest BCUT2D eigenvalue weighted by molar-refractivity contribution is -0.146. The number of anilines is 1. The van der Waals surface area contributed by atoms with Crippen molar-refractivity contribution in [3.05, 3.63) is 53.1 Å². The van der Waals surface area contributed by atoms with E-state index in [9.17, 15) is 9.59 Å². The molecule has 0 aliphatic carbocycles. The van der Waals surface area contributed by atoms with Gasteiger partial charge in [0.25, 0.3) is 0 Å². The van der Waals surface area contributed by atoms with Crippen LogP contribution in [0, 0.1) is 0 Å². The minimum atomic E-state index is -0.513. The summed E-state index contributed by atoms with van der Waals surface area (Å²) in [5.74, 6) is 0.385. The predicted molar refractivity (Wildman–Crippen MR) is 107 cm³/mol. The Kier molecular flexibility index (Phi) is 7.95. The van der Waals surface area contributed by atoms with Crippen LogP contribution in [0.4, 0.5) is 5.69 Å². The first-order valence-corrected chi connectivity index (χ1v) is 8.89. The molecule has 0 aliphatic heterocycles. The fourth-order valence-corrected chi connectivity index (χ4v) is 2.72. The summed E-state index contributed by atoms with van der Waals surface area (Å²) in [5, 5.41) is 3.50. The van der Waals surface area contributed by atoms with Crippen LogP contribution in [0.15, 0.2) is 42.5 Å². The molecule has 1 N–H and O–H groups in total. The zero-order valence-electron chi connectivity index (χ0n) is 16.0. The van der Waals surface area contributed by atoms with Crippen LogP contribution in [-0.2, 0) is 20.9 Å². The summed E-state index contributed by atoms with van der Waals surface area (Å²) in [6.45, 7) is -0.0212. The third-order valence-electron chi connectivity index (χ3n) is 3.99. The Bertz CT molecular complexity index is 806. The molecule has 2 aromatic carbocycles. The third-order valence-corrected chi connectivity index (χ3v) is 4.32. The van der Waals surface area contributed by atoms with Crippen molar-refractivity contribution in [1.29, 1.82) is 0 Å². The van der Waals surface area contributed by atoms with Gasteiger partial charge in [0, 0.05) is 12.6 Å². The number of halogens is 1. The molecule has 1 amide bonds. The molecule has 0 fully saturated rings. The second kappa shape index (κ2) is 10.4. The molecule has 0 saturated heterocycles. The highest BCUT2D eigenvalue weighted by Gasteiger charge is 2.19. The molecule has 0 atom stereocenters. The van der Waals surface area contributed by atoms with Crippen LogP contribution in [0.1, 0.15) is 5.56 Å². The average Bonchev–Trinajstić information content (AvgIpc) is 2.71. The largest absolute Gasteiger partial charge is 0.497 e. The van der Waals surface area contributed by atoms with E-state index < -0.39 is 5.97 Å². The van der Waals surface area contributed by atoms with Gasteiger partial charge in [-0.2, -0.15) is 0 Å². The van der Waals surface area contributed by atoms with Gasteiger partial charge in [0.2, 0.25) is 5.91 Å². The van der Waals surface area contributed by atoms with Gasteiger partial charge in [-0.25, -0.2) is 0 Å². The number of methoxy groups -OCH3 is 3. The molecule has 7 nitrogen and oxygen atoms in total. The molecule has 0 aliphatic rings. The maximum atomic E-state index is 12.7. The van der Waals surface area contributed by atoms with E-state index in [0.29, 0.717) is 22.2 Å². The Morgan fingerprint density at radius 1 is 1.04 bits per heavy atom. The molecule has 8 heteroatoms. The van der Waals surface area contributed by atoms with Crippen LogP contribution in [0.2, 0.25) is 5.02 Å². The number of hydrogen-bond donors (Lipinski definition) is 1. The fraction of sp³-hybridized carbons (Fsp3) is 0.300. The van der Waals surface area contributed by atoms with E-state index in [-0.39, 0.29) is 25.5 Å². The van der Waals surface area contributed by atoms with E-state index in [2.05, 4.69) is 5.32 Å². The maximum Gasteiger partial charge on any atom is 0.325 e. The second-order valence-electron chi connectivity index (χ2n) is 5.88. The van der Waals surface area contributed by atoms with Crippen LogP contribution in [0.3, 0.4) is 0 Å². The summed E-state index contributed by atoms with van der Waals surface area (Å²) < 4.78 is 15.2. The maximum absolute atomic E-state index is 12.7. The van der Waals surface area contributed by atoms with Crippen LogP contribution in [0.5, 0.6) is 11.5 Å². The standard InChI is InChI=1S/C20H23ClN2O5/c1-26-15-8-14(9-16(10-15)27-2)12-23(13-20(25)28-3)19(24)11-22-18-7-5-4-6-17(18)21/h4-10,22H,11-13H2,1-3H3.